The summed E-state index contributed by atoms with van der Waals surface area (Å²) in [5.41, 5.74) is -0.123. The van der Waals surface area contributed by atoms with Gasteiger partial charge in [0.05, 0.1) is 0 Å². The number of carbonyl (C=O) groups is 1. The zero-order valence-corrected chi connectivity index (χ0v) is 14.7. The number of rotatable bonds is 9. The van der Waals surface area contributed by atoms with Crippen LogP contribution in [0.25, 0.3) is 0 Å². The van der Waals surface area contributed by atoms with Gasteiger partial charge in [-0.3, -0.25) is 0 Å². The molecule has 0 unspecified atom stereocenters. The van der Waals surface area contributed by atoms with Gasteiger partial charge < -0.3 is 29.5 Å². The Kier molecular flexibility index (Phi) is 8.05. The topological polar surface area (TPSA) is 105 Å². The molecule has 7 heteroatoms. The van der Waals surface area contributed by atoms with Crippen LogP contribution in [0.4, 0.5) is 0 Å². The minimum atomic E-state index is -1.54. The molecule has 138 valence electrons. The number of hydrogen-bond acceptors (Lipinski definition) is 6. The van der Waals surface area contributed by atoms with Crippen molar-refractivity contribution in [2.45, 2.75) is 63.8 Å². The van der Waals surface area contributed by atoms with Crippen molar-refractivity contribution in [3.63, 3.8) is 0 Å². The van der Waals surface area contributed by atoms with Crippen molar-refractivity contribution in [1.82, 2.24) is 0 Å². The van der Waals surface area contributed by atoms with Gasteiger partial charge in [-0.15, -0.1) is 0 Å². The highest BCUT2D eigenvalue weighted by Gasteiger charge is 2.55. The van der Waals surface area contributed by atoms with Crippen LogP contribution in [-0.2, 0) is 19.0 Å². The average molecular weight is 344 g/mol. The highest BCUT2D eigenvalue weighted by molar-refractivity contribution is 5.85. The molecule has 1 fully saturated rings. The summed E-state index contributed by atoms with van der Waals surface area (Å²) >= 11 is 0. The zero-order chi connectivity index (χ0) is 18.3. The fourth-order valence-electron chi connectivity index (χ4n) is 2.65. The number of allylic oxidation sites excluding steroid dienone is 3. The lowest BCUT2D eigenvalue weighted by atomic mass is 9.91. The summed E-state index contributed by atoms with van der Waals surface area (Å²) in [6, 6.07) is 0. The first-order chi connectivity index (χ1) is 11.3. The zero-order valence-electron chi connectivity index (χ0n) is 14.7. The van der Waals surface area contributed by atoms with Crippen LogP contribution in [0, 0.1) is 0 Å². The van der Waals surface area contributed by atoms with E-state index in [1.807, 2.05) is 13.0 Å². The summed E-state index contributed by atoms with van der Waals surface area (Å²) in [7, 11) is 2.79. The highest BCUT2D eigenvalue weighted by atomic mass is 16.8. The maximum absolute atomic E-state index is 10.7. The summed E-state index contributed by atoms with van der Waals surface area (Å²) in [5, 5.41) is 29.6. The van der Waals surface area contributed by atoms with Crippen LogP contribution in [0.5, 0.6) is 0 Å². The van der Waals surface area contributed by atoms with E-state index in [2.05, 4.69) is 0 Å². The summed E-state index contributed by atoms with van der Waals surface area (Å²) in [4.78, 5) is 10.7. The largest absolute Gasteiger partial charge is 0.478 e. The fraction of sp³-hybridized carbons (Fsp3) is 0.706. The normalized spacial score (nSPS) is 31.5. The lowest BCUT2D eigenvalue weighted by molar-refractivity contribution is -0.219. The Morgan fingerprint density at radius 2 is 1.88 bits per heavy atom. The summed E-state index contributed by atoms with van der Waals surface area (Å²) in [6.45, 7) is 3.51. The van der Waals surface area contributed by atoms with E-state index in [1.165, 1.54) is 14.2 Å². The highest BCUT2D eigenvalue weighted by Crippen LogP contribution is 2.35. The molecule has 1 aliphatic heterocycles. The minimum absolute atomic E-state index is 0.258. The molecule has 0 aromatic rings. The molecule has 1 heterocycles. The van der Waals surface area contributed by atoms with E-state index in [0.29, 0.717) is 18.4 Å². The molecule has 0 amide bonds. The molecule has 1 saturated heterocycles. The molecule has 24 heavy (non-hydrogen) atoms. The quantitative estimate of drug-likeness (QED) is 0.431. The van der Waals surface area contributed by atoms with Crippen molar-refractivity contribution >= 4 is 5.97 Å². The van der Waals surface area contributed by atoms with Gasteiger partial charge in [0.15, 0.2) is 12.6 Å². The summed E-state index contributed by atoms with van der Waals surface area (Å²) < 4.78 is 15.4. The van der Waals surface area contributed by atoms with Gasteiger partial charge in [0.2, 0.25) is 0 Å². The maximum atomic E-state index is 10.7. The second kappa shape index (κ2) is 9.29. The third-order valence-electron chi connectivity index (χ3n) is 4.25. The second-order valence-corrected chi connectivity index (χ2v) is 6.06. The van der Waals surface area contributed by atoms with Crippen molar-refractivity contribution in [2.24, 2.45) is 0 Å². The number of carboxylic acid groups (broad SMARTS) is 1. The smallest absolute Gasteiger partial charge is 0.330 e. The predicted molar refractivity (Wildman–Crippen MR) is 87.3 cm³/mol. The minimum Gasteiger partial charge on any atom is -0.478 e. The van der Waals surface area contributed by atoms with Crippen molar-refractivity contribution in [2.75, 3.05) is 14.2 Å². The van der Waals surface area contributed by atoms with Gasteiger partial charge in [-0.2, -0.15) is 0 Å². The third kappa shape index (κ3) is 5.12. The molecular formula is C17H28O7. The first-order valence-corrected chi connectivity index (χ1v) is 7.93. The molecule has 4 atom stereocenters. The van der Waals surface area contributed by atoms with E-state index < -0.39 is 30.3 Å². The lowest BCUT2D eigenvalue weighted by Gasteiger charge is -2.29. The van der Waals surface area contributed by atoms with Crippen LogP contribution in [0.2, 0.25) is 0 Å². The van der Waals surface area contributed by atoms with Gasteiger partial charge in [0.1, 0.15) is 11.7 Å². The second-order valence-electron chi connectivity index (χ2n) is 6.06. The Morgan fingerprint density at radius 1 is 1.21 bits per heavy atom. The van der Waals surface area contributed by atoms with E-state index in [1.54, 1.807) is 13.0 Å². The Hall–Kier alpha value is -1.25. The molecule has 0 aliphatic carbocycles. The molecular weight excluding hydrogens is 316 g/mol. The van der Waals surface area contributed by atoms with Crippen molar-refractivity contribution in [3.05, 3.63) is 23.3 Å². The Labute approximate surface area is 142 Å². The molecule has 0 saturated carbocycles. The standard InChI is InChI=1S/C17H28O7/c1-11(7-5-9-12(2)14(19)20)8-6-10-17(21)13(18)15(22-3)24-16(17)23-4/h8-9,13,15-16,18,21H,5-7,10H2,1-4H3,(H,19,20)/b11-8+,12-9+/t13-,15+,16-,17-/m0/s1. The molecule has 1 aliphatic rings. The first kappa shape index (κ1) is 20.8. The Balaban J connectivity index is 2.55. The molecule has 0 bridgehead atoms. The van der Waals surface area contributed by atoms with E-state index in [4.69, 9.17) is 19.3 Å². The monoisotopic (exact) mass is 344 g/mol. The van der Waals surface area contributed by atoms with E-state index in [0.717, 1.165) is 12.0 Å². The van der Waals surface area contributed by atoms with Crippen LogP contribution < -0.4 is 0 Å². The Bertz CT molecular complexity index is 481. The van der Waals surface area contributed by atoms with E-state index >= 15 is 0 Å². The van der Waals surface area contributed by atoms with Crippen LogP contribution in [0.15, 0.2) is 23.3 Å². The molecule has 7 nitrogen and oxygen atoms in total. The fourth-order valence-corrected chi connectivity index (χ4v) is 2.65. The summed E-state index contributed by atoms with van der Waals surface area (Å²) in [5.74, 6) is -0.910. The van der Waals surface area contributed by atoms with Gasteiger partial charge in [0.25, 0.3) is 0 Å². The lowest BCUT2D eigenvalue weighted by Crippen LogP contribution is -2.49. The maximum Gasteiger partial charge on any atom is 0.330 e. The molecule has 0 spiro atoms. The van der Waals surface area contributed by atoms with Crippen molar-refractivity contribution in [3.8, 4) is 0 Å². The number of aliphatic carboxylic acids is 1. The first-order valence-electron chi connectivity index (χ1n) is 7.93. The average Bonchev–Trinajstić information content (AvgIpc) is 2.78. The van der Waals surface area contributed by atoms with E-state index in [-0.39, 0.29) is 6.42 Å². The number of aliphatic hydroxyl groups is 2. The van der Waals surface area contributed by atoms with Gasteiger partial charge in [-0.05, 0) is 39.5 Å². The number of ether oxygens (including phenoxy) is 3. The van der Waals surface area contributed by atoms with Gasteiger partial charge in [-0.1, -0.05) is 17.7 Å². The van der Waals surface area contributed by atoms with Gasteiger partial charge in [-0.25, -0.2) is 4.79 Å². The van der Waals surface area contributed by atoms with Gasteiger partial charge in [0, 0.05) is 19.8 Å². The van der Waals surface area contributed by atoms with Crippen LogP contribution in [-0.4, -0.2) is 59.8 Å². The Morgan fingerprint density at radius 3 is 2.42 bits per heavy atom. The summed E-state index contributed by atoms with van der Waals surface area (Å²) in [6.07, 6.45) is 2.74. The van der Waals surface area contributed by atoms with Crippen LogP contribution in [0.3, 0.4) is 0 Å². The van der Waals surface area contributed by atoms with Crippen LogP contribution in [0.1, 0.15) is 39.5 Å². The molecule has 0 radical (unpaired) electrons. The molecule has 0 aromatic carbocycles. The molecule has 0 aromatic heterocycles. The molecule has 3 N–H and O–H groups in total. The molecule has 1 rings (SSSR count). The number of methoxy groups -OCH3 is 2. The number of aliphatic hydroxyl groups excluding tert-OH is 1. The SMILES string of the molecule is CO[C@@H]1O[C@H](OC)[C@](O)(CC/C=C(\C)CC/C=C(\C)C(=O)O)[C@H]1O. The number of carboxylic acids is 1. The number of hydrogen-bond donors (Lipinski definition) is 3. The predicted octanol–water partition coefficient (Wildman–Crippen LogP) is 1.59. The van der Waals surface area contributed by atoms with Crippen molar-refractivity contribution in [1.29, 1.82) is 0 Å². The van der Waals surface area contributed by atoms with Crippen LogP contribution >= 0.6 is 0 Å². The third-order valence-corrected chi connectivity index (χ3v) is 4.25. The van der Waals surface area contributed by atoms with Crippen molar-refractivity contribution < 1.29 is 34.3 Å². The van der Waals surface area contributed by atoms with E-state index in [9.17, 15) is 15.0 Å². The van der Waals surface area contributed by atoms with Gasteiger partial charge >= 0.3 is 5.97 Å².